The maximum absolute atomic E-state index is 11.3. The molecule has 1 aromatic rings. The standard InChI is InChI=1S/C15H22N2O2/c1-16(2)9-5-10-17-11-8-13(15(18)19)12-6-3-4-7-14(12)17/h3-4,6-7,13H,5,8-11H2,1-2H3,(H,18,19). The van der Waals surface area contributed by atoms with Crippen molar-refractivity contribution in [3.05, 3.63) is 29.8 Å². The van der Waals surface area contributed by atoms with Gasteiger partial charge in [0.2, 0.25) is 0 Å². The molecule has 4 heteroatoms. The molecule has 1 atom stereocenters. The number of hydrogen-bond acceptors (Lipinski definition) is 3. The summed E-state index contributed by atoms with van der Waals surface area (Å²) < 4.78 is 0. The summed E-state index contributed by atoms with van der Waals surface area (Å²) in [7, 11) is 4.15. The number of hydrogen-bond donors (Lipinski definition) is 1. The Morgan fingerprint density at radius 2 is 2.16 bits per heavy atom. The van der Waals surface area contributed by atoms with Gasteiger partial charge in [-0.25, -0.2) is 0 Å². The highest BCUT2D eigenvalue weighted by molar-refractivity contribution is 5.80. The Balaban J connectivity index is 2.11. The lowest BCUT2D eigenvalue weighted by Crippen LogP contribution is -2.35. The van der Waals surface area contributed by atoms with Crippen LogP contribution in [0, 0.1) is 0 Å². The molecule has 1 aliphatic rings. The summed E-state index contributed by atoms with van der Waals surface area (Å²) in [5.41, 5.74) is 2.06. The molecule has 1 unspecified atom stereocenters. The normalized spacial score (nSPS) is 18.5. The van der Waals surface area contributed by atoms with E-state index in [0.29, 0.717) is 6.42 Å². The lowest BCUT2D eigenvalue weighted by Gasteiger charge is -2.34. The van der Waals surface area contributed by atoms with Gasteiger partial charge < -0.3 is 14.9 Å². The van der Waals surface area contributed by atoms with E-state index in [1.165, 1.54) is 0 Å². The Labute approximate surface area is 114 Å². The largest absolute Gasteiger partial charge is 0.481 e. The molecule has 0 amide bonds. The van der Waals surface area contributed by atoms with Gasteiger partial charge in [0.05, 0.1) is 5.92 Å². The summed E-state index contributed by atoms with van der Waals surface area (Å²) in [6.45, 7) is 2.88. The van der Waals surface area contributed by atoms with E-state index in [9.17, 15) is 9.90 Å². The fraction of sp³-hybridized carbons (Fsp3) is 0.533. The van der Waals surface area contributed by atoms with Gasteiger partial charge in [-0.05, 0) is 45.1 Å². The minimum absolute atomic E-state index is 0.346. The zero-order valence-corrected chi connectivity index (χ0v) is 11.7. The Hall–Kier alpha value is -1.55. The zero-order chi connectivity index (χ0) is 13.8. The lowest BCUT2D eigenvalue weighted by atomic mass is 9.90. The van der Waals surface area contributed by atoms with Crippen LogP contribution < -0.4 is 4.90 Å². The van der Waals surface area contributed by atoms with Crippen molar-refractivity contribution in [2.75, 3.05) is 38.6 Å². The van der Waals surface area contributed by atoms with Gasteiger partial charge in [0.25, 0.3) is 0 Å². The number of nitrogens with zero attached hydrogens (tertiary/aromatic N) is 2. The molecule has 1 aliphatic heterocycles. The molecule has 0 fully saturated rings. The van der Waals surface area contributed by atoms with Gasteiger partial charge in [0, 0.05) is 18.8 Å². The van der Waals surface area contributed by atoms with Gasteiger partial charge in [-0.15, -0.1) is 0 Å². The van der Waals surface area contributed by atoms with Crippen molar-refractivity contribution in [1.29, 1.82) is 0 Å². The van der Waals surface area contributed by atoms with Gasteiger partial charge in [0.15, 0.2) is 0 Å². The second-order valence-electron chi connectivity index (χ2n) is 5.38. The van der Waals surface area contributed by atoms with E-state index in [0.717, 1.165) is 37.3 Å². The van der Waals surface area contributed by atoms with Gasteiger partial charge >= 0.3 is 5.97 Å². The van der Waals surface area contributed by atoms with Crippen molar-refractivity contribution >= 4 is 11.7 Å². The molecule has 2 rings (SSSR count). The number of fused-ring (bicyclic) bond motifs is 1. The summed E-state index contributed by atoms with van der Waals surface area (Å²) in [6.07, 6.45) is 1.80. The maximum atomic E-state index is 11.3. The number of carbonyl (C=O) groups is 1. The Morgan fingerprint density at radius 3 is 2.84 bits per heavy atom. The first kappa shape index (κ1) is 13.9. The molecule has 1 heterocycles. The van der Waals surface area contributed by atoms with Crippen LogP contribution >= 0.6 is 0 Å². The van der Waals surface area contributed by atoms with Gasteiger partial charge in [-0.2, -0.15) is 0 Å². The average molecular weight is 262 g/mol. The van der Waals surface area contributed by atoms with Crippen LogP contribution in [0.4, 0.5) is 5.69 Å². The molecule has 4 nitrogen and oxygen atoms in total. The summed E-state index contributed by atoms with van der Waals surface area (Å²) in [5, 5.41) is 9.29. The highest BCUT2D eigenvalue weighted by atomic mass is 16.4. The van der Waals surface area contributed by atoms with Crippen molar-refractivity contribution in [1.82, 2.24) is 4.90 Å². The second kappa shape index (κ2) is 6.06. The van der Waals surface area contributed by atoms with Crippen LogP contribution in [0.1, 0.15) is 24.3 Å². The highest BCUT2D eigenvalue weighted by Gasteiger charge is 2.29. The third-order valence-electron chi connectivity index (χ3n) is 3.67. The zero-order valence-electron chi connectivity index (χ0n) is 11.7. The van der Waals surface area contributed by atoms with Crippen molar-refractivity contribution in [3.63, 3.8) is 0 Å². The summed E-state index contributed by atoms with van der Waals surface area (Å²) in [5.74, 6) is -1.05. The molecule has 104 valence electrons. The van der Waals surface area contributed by atoms with Crippen LogP contribution in [0.5, 0.6) is 0 Å². The second-order valence-corrected chi connectivity index (χ2v) is 5.38. The fourth-order valence-corrected chi connectivity index (χ4v) is 2.70. The van der Waals surface area contributed by atoms with Crippen LogP contribution in [-0.4, -0.2) is 49.7 Å². The van der Waals surface area contributed by atoms with Gasteiger partial charge in [-0.3, -0.25) is 4.79 Å². The number of aliphatic carboxylic acids is 1. The number of para-hydroxylation sites is 1. The first-order valence-electron chi connectivity index (χ1n) is 6.81. The average Bonchev–Trinajstić information content (AvgIpc) is 2.38. The molecule has 0 saturated heterocycles. The Kier molecular flexibility index (Phi) is 4.43. The van der Waals surface area contributed by atoms with Crippen LogP contribution in [0.3, 0.4) is 0 Å². The summed E-state index contributed by atoms with van der Waals surface area (Å²) in [4.78, 5) is 15.8. The van der Waals surface area contributed by atoms with Crippen molar-refractivity contribution in [2.24, 2.45) is 0 Å². The van der Waals surface area contributed by atoms with E-state index in [4.69, 9.17) is 0 Å². The summed E-state index contributed by atoms with van der Waals surface area (Å²) >= 11 is 0. The summed E-state index contributed by atoms with van der Waals surface area (Å²) in [6, 6.07) is 7.91. The maximum Gasteiger partial charge on any atom is 0.311 e. The predicted octanol–water partition coefficient (Wildman–Crippen LogP) is 2.02. The number of carboxylic acid groups (broad SMARTS) is 1. The molecular weight excluding hydrogens is 240 g/mol. The predicted molar refractivity (Wildman–Crippen MR) is 76.8 cm³/mol. The number of rotatable bonds is 5. The molecule has 0 aromatic heterocycles. The van der Waals surface area contributed by atoms with Crippen molar-refractivity contribution in [2.45, 2.75) is 18.8 Å². The first-order chi connectivity index (χ1) is 9.09. The SMILES string of the molecule is CN(C)CCCN1CCC(C(=O)O)c2ccccc21. The molecule has 0 radical (unpaired) electrons. The van der Waals surface area contributed by atoms with Crippen LogP contribution in [0.15, 0.2) is 24.3 Å². The molecule has 19 heavy (non-hydrogen) atoms. The molecule has 1 aromatic carbocycles. The van der Waals surface area contributed by atoms with E-state index in [1.807, 2.05) is 24.3 Å². The third-order valence-corrected chi connectivity index (χ3v) is 3.67. The van der Waals surface area contributed by atoms with Crippen molar-refractivity contribution < 1.29 is 9.90 Å². The number of benzene rings is 1. The lowest BCUT2D eigenvalue weighted by molar-refractivity contribution is -0.139. The number of anilines is 1. The van der Waals surface area contributed by atoms with E-state index in [-0.39, 0.29) is 5.92 Å². The molecule has 1 N–H and O–H groups in total. The van der Waals surface area contributed by atoms with E-state index in [1.54, 1.807) is 0 Å². The van der Waals surface area contributed by atoms with Crippen molar-refractivity contribution in [3.8, 4) is 0 Å². The quantitative estimate of drug-likeness (QED) is 0.881. The Morgan fingerprint density at radius 1 is 1.42 bits per heavy atom. The highest BCUT2D eigenvalue weighted by Crippen LogP contribution is 2.35. The van der Waals surface area contributed by atoms with E-state index >= 15 is 0 Å². The molecular formula is C15H22N2O2. The third kappa shape index (κ3) is 3.26. The van der Waals surface area contributed by atoms with E-state index < -0.39 is 5.97 Å². The topological polar surface area (TPSA) is 43.8 Å². The monoisotopic (exact) mass is 262 g/mol. The van der Waals surface area contributed by atoms with Gasteiger partial charge in [0.1, 0.15) is 0 Å². The number of carboxylic acids is 1. The smallest absolute Gasteiger partial charge is 0.311 e. The van der Waals surface area contributed by atoms with E-state index in [2.05, 4.69) is 23.9 Å². The van der Waals surface area contributed by atoms with Crippen LogP contribution in [0.2, 0.25) is 0 Å². The fourth-order valence-electron chi connectivity index (χ4n) is 2.70. The molecule has 0 bridgehead atoms. The molecule has 0 aliphatic carbocycles. The van der Waals surface area contributed by atoms with Gasteiger partial charge in [-0.1, -0.05) is 18.2 Å². The first-order valence-corrected chi connectivity index (χ1v) is 6.81. The van der Waals surface area contributed by atoms with Crippen LogP contribution in [-0.2, 0) is 4.79 Å². The molecule has 0 saturated carbocycles. The Bertz CT molecular complexity index is 446. The molecule has 0 spiro atoms. The van der Waals surface area contributed by atoms with Crippen LogP contribution in [0.25, 0.3) is 0 Å². The minimum atomic E-state index is -0.708. The minimum Gasteiger partial charge on any atom is -0.481 e.